The van der Waals surface area contributed by atoms with Gasteiger partial charge >= 0.3 is 0 Å². The zero-order valence-corrected chi connectivity index (χ0v) is 8.91. The average Bonchev–Trinajstić information content (AvgIpc) is 2.67. The van der Waals surface area contributed by atoms with E-state index in [9.17, 15) is 8.42 Å². The molecule has 0 aromatic rings. The highest BCUT2D eigenvalue weighted by molar-refractivity contribution is 7.87. The number of rotatable bonds is 0. The largest absolute Gasteiger partial charge is 0.272 e. The first-order valence-electron chi connectivity index (χ1n) is 4.56. The van der Waals surface area contributed by atoms with Crippen LogP contribution in [0, 0.1) is 29.1 Å². The Balaban J connectivity index is 2.15. The van der Waals surface area contributed by atoms with Crippen molar-refractivity contribution in [3.8, 4) is 6.07 Å². The Morgan fingerprint density at radius 2 is 2.14 bits per heavy atom. The quantitative estimate of drug-likeness (QED) is 0.477. The van der Waals surface area contributed by atoms with E-state index in [-0.39, 0.29) is 23.2 Å². The van der Waals surface area contributed by atoms with Crippen LogP contribution in [-0.4, -0.2) is 25.0 Å². The maximum Gasteiger partial charge on any atom is 0.272 e. The van der Waals surface area contributed by atoms with Gasteiger partial charge in [0.1, 0.15) is 5.25 Å². The number of hydrogen-bond acceptors (Lipinski definition) is 5. The molecule has 3 fully saturated rings. The average molecular weight is 231 g/mol. The van der Waals surface area contributed by atoms with Gasteiger partial charge in [-0.15, -0.1) is 0 Å². The van der Waals surface area contributed by atoms with Crippen molar-refractivity contribution in [2.75, 3.05) is 0 Å². The predicted octanol–water partition coefficient (Wildman–Crippen LogP) is 0.171. The van der Waals surface area contributed by atoms with Crippen LogP contribution in [0.5, 0.6) is 0 Å². The molecule has 6 atom stereocenters. The Morgan fingerprint density at radius 1 is 1.43 bits per heavy atom. The third-order valence-corrected chi connectivity index (χ3v) is 6.18. The van der Waals surface area contributed by atoms with Gasteiger partial charge in [0, 0.05) is 11.2 Å². The van der Waals surface area contributed by atoms with Gasteiger partial charge < -0.3 is 0 Å². The lowest BCUT2D eigenvalue weighted by Gasteiger charge is -2.23. The smallest absolute Gasteiger partial charge is 0.265 e. The molecule has 6 heteroatoms. The topological polar surface area (TPSA) is 67.2 Å². The van der Waals surface area contributed by atoms with Crippen molar-refractivity contribution in [3.05, 3.63) is 0 Å². The molecule has 3 rings (SSSR count). The van der Waals surface area contributed by atoms with E-state index in [2.05, 4.69) is 18.7 Å². The number of nitrogens with zero attached hydrogens (tertiary/aromatic N) is 1. The minimum atomic E-state index is -3.50. The van der Waals surface area contributed by atoms with E-state index >= 15 is 0 Å². The van der Waals surface area contributed by atoms with Gasteiger partial charge in [-0.1, -0.05) is 0 Å². The lowest BCUT2D eigenvalue weighted by molar-refractivity contribution is 0.196. The molecular weight excluding hydrogens is 222 g/mol. The van der Waals surface area contributed by atoms with Crippen molar-refractivity contribution in [2.24, 2.45) is 17.8 Å². The van der Waals surface area contributed by atoms with Gasteiger partial charge in [-0.25, -0.2) is 0 Å². The van der Waals surface area contributed by atoms with Crippen molar-refractivity contribution in [2.45, 2.75) is 23.0 Å². The summed E-state index contributed by atoms with van der Waals surface area (Å²) < 4.78 is 28.2. The standard InChI is InChI=1S/C8H9NO3S2/c9-2-5-3-1-4-6(7(3)13)12-14(10,11)8(4)5/h3-8,13H,1H2. The van der Waals surface area contributed by atoms with Gasteiger partial charge in [-0.05, 0) is 12.3 Å². The third kappa shape index (κ3) is 0.818. The molecule has 1 saturated heterocycles. The molecule has 0 aromatic carbocycles. The first kappa shape index (κ1) is 9.01. The van der Waals surface area contributed by atoms with E-state index in [0.29, 0.717) is 0 Å². The summed E-state index contributed by atoms with van der Waals surface area (Å²) in [6, 6.07) is 2.10. The van der Waals surface area contributed by atoms with Crippen LogP contribution in [0.4, 0.5) is 0 Å². The van der Waals surface area contributed by atoms with Gasteiger partial charge in [-0.3, -0.25) is 4.18 Å². The lowest BCUT2D eigenvalue weighted by Crippen LogP contribution is -2.36. The molecule has 1 aliphatic heterocycles. The molecule has 76 valence electrons. The van der Waals surface area contributed by atoms with Crippen LogP contribution in [0.25, 0.3) is 0 Å². The van der Waals surface area contributed by atoms with Gasteiger partial charge in [0.05, 0.1) is 18.1 Å². The summed E-state index contributed by atoms with van der Waals surface area (Å²) in [4.78, 5) is 0. The van der Waals surface area contributed by atoms with Crippen LogP contribution in [0.2, 0.25) is 0 Å². The van der Waals surface area contributed by atoms with Crippen LogP contribution in [0.1, 0.15) is 6.42 Å². The molecule has 0 spiro atoms. The molecule has 0 N–H and O–H groups in total. The highest BCUT2D eigenvalue weighted by atomic mass is 32.2. The second-order valence-corrected chi connectivity index (χ2v) is 6.55. The fourth-order valence-corrected chi connectivity index (χ4v) is 5.87. The molecule has 0 amide bonds. The van der Waals surface area contributed by atoms with Crippen molar-refractivity contribution in [1.82, 2.24) is 0 Å². The van der Waals surface area contributed by atoms with Gasteiger partial charge in [-0.2, -0.15) is 26.3 Å². The zero-order chi connectivity index (χ0) is 10.1. The van der Waals surface area contributed by atoms with Crippen molar-refractivity contribution < 1.29 is 12.6 Å². The molecule has 1 heterocycles. The first-order chi connectivity index (χ1) is 6.56. The molecule has 0 radical (unpaired) electrons. The Hall–Kier alpha value is -0.250. The van der Waals surface area contributed by atoms with E-state index in [4.69, 9.17) is 9.44 Å². The lowest BCUT2D eigenvalue weighted by atomic mass is 9.87. The second-order valence-electron chi connectivity index (χ2n) is 4.23. The summed E-state index contributed by atoms with van der Waals surface area (Å²) >= 11 is 4.35. The molecule has 3 aliphatic rings. The fraction of sp³-hybridized carbons (Fsp3) is 0.875. The highest BCUT2D eigenvalue weighted by Crippen LogP contribution is 2.58. The summed E-state index contributed by atoms with van der Waals surface area (Å²) in [6.45, 7) is 0. The van der Waals surface area contributed by atoms with E-state index in [1.54, 1.807) is 0 Å². The van der Waals surface area contributed by atoms with Crippen LogP contribution >= 0.6 is 12.6 Å². The van der Waals surface area contributed by atoms with Crippen LogP contribution < -0.4 is 0 Å². The second kappa shape index (κ2) is 2.46. The third-order valence-electron chi connectivity index (χ3n) is 3.71. The Bertz CT molecular complexity index is 426. The van der Waals surface area contributed by atoms with Gasteiger partial charge in [0.2, 0.25) is 0 Å². The number of hydrogen-bond donors (Lipinski definition) is 1. The number of thiol groups is 1. The minimum absolute atomic E-state index is 0.0112. The Kier molecular flexibility index (Phi) is 1.58. The molecule has 2 saturated carbocycles. The molecule has 4 nitrogen and oxygen atoms in total. The van der Waals surface area contributed by atoms with Crippen LogP contribution in [0.3, 0.4) is 0 Å². The minimum Gasteiger partial charge on any atom is -0.265 e. The zero-order valence-electron chi connectivity index (χ0n) is 7.20. The van der Waals surface area contributed by atoms with E-state index in [0.717, 1.165) is 6.42 Å². The van der Waals surface area contributed by atoms with Gasteiger partial charge in [0.25, 0.3) is 10.1 Å². The number of nitriles is 1. The van der Waals surface area contributed by atoms with Crippen molar-refractivity contribution in [1.29, 1.82) is 5.26 Å². The van der Waals surface area contributed by atoms with E-state index in [1.807, 2.05) is 0 Å². The van der Waals surface area contributed by atoms with Crippen molar-refractivity contribution in [3.63, 3.8) is 0 Å². The number of fused-ring (bicyclic) bond motifs is 1. The van der Waals surface area contributed by atoms with Crippen molar-refractivity contribution >= 4 is 22.7 Å². The fourth-order valence-electron chi connectivity index (χ4n) is 3.18. The first-order valence-corrected chi connectivity index (χ1v) is 6.55. The summed E-state index contributed by atoms with van der Waals surface area (Å²) in [5.41, 5.74) is 0. The van der Waals surface area contributed by atoms with Crippen LogP contribution in [-0.2, 0) is 14.3 Å². The Labute approximate surface area is 87.8 Å². The SMILES string of the molecule is N#CC1C2CC3C(OS(=O)(=O)C13)C2S. The summed E-state index contributed by atoms with van der Waals surface area (Å²) in [7, 11) is -3.50. The van der Waals surface area contributed by atoms with Crippen LogP contribution in [0.15, 0.2) is 0 Å². The normalized spacial score (nSPS) is 57.4. The van der Waals surface area contributed by atoms with Gasteiger partial charge in [0.15, 0.2) is 0 Å². The molecule has 14 heavy (non-hydrogen) atoms. The maximum atomic E-state index is 11.6. The maximum absolute atomic E-state index is 11.6. The summed E-state index contributed by atoms with van der Waals surface area (Å²) in [6.07, 6.45) is 0.504. The summed E-state index contributed by atoms with van der Waals surface area (Å²) in [5.74, 6) is -0.302. The monoisotopic (exact) mass is 231 g/mol. The predicted molar refractivity (Wildman–Crippen MR) is 51.1 cm³/mol. The Morgan fingerprint density at radius 3 is 2.79 bits per heavy atom. The molecule has 2 bridgehead atoms. The van der Waals surface area contributed by atoms with E-state index in [1.165, 1.54) is 0 Å². The summed E-state index contributed by atoms with van der Waals surface area (Å²) in [5, 5.41) is 8.29. The molecule has 0 aromatic heterocycles. The highest BCUT2D eigenvalue weighted by Gasteiger charge is 2.68. The van der Waals surface area contributed by atoms with E-state index < -0.39 is 21.3 Å². The molecular formula is C8H9NO3S2. The molecule has 6 unspecified atom stereocenters. The molecule has 2 aliphatic carbocycles.